The molecular weight excluding hydrogens is 275 g/mol. The standard InChI is InChI=1S/C20H29FO/c1-2-3-4-5-6-7-8-9-10-11-18-22-20-14-12-19(13-15-20)16-17-21/h12-15H,2-11,18H2,1H3. The Morgan fingerprint density at radius 3 is 1.91 bits per heavy atom. The molecular formula is C20H29FO. The van der Waals surface area contributed by atoms with E-state index in [9.17, 15) is 4.39 Å². The van der Waals surface area contributed by atoms with Crippen LogP contribution in [0.25, 0.3) is 0 Å². The summed E-state index contributed by atoms with van der Waals surface area (Å²) >= 11 is 0. The van der Waals surface area contributed by atoms with Crippen molar-refractivity contribution >= 4 is 0 Å². The molecule has 0 aliphatic rings. The van der Waals surface area contributed by atoms with E-state index in [4.69, 9.17) is 4.74 Å². The third-order valence-electron chi connectivity index (χ3n) is 3.81. The summed E-state index contributed by atoms with van der Waals surface area (Å²) in [6, 6.07) is 7.24. The minimum atomic E-state index is 0.675. The van der Waals surface area contributed by atoms with Gasteiger partial charge in [-0.3, -0.25) is 0 Å². The van der Waals surface area contributed by atoms with E-state index in [2.05, 4.69) is 12.8 Å². The normalized spacial score (nSPS) is 10.1. The van der Waals surface area contributed by atoms with Crippen molar-refractivity contribution < 1.29 is 9.13 Å². The number of benzene rings is 1. The van der Waals surface area contributed by atoms with Crippen molar-refractivity contribution in [3.05, 3.63) is 29.8 Å². The molecule has 0 spiro atoms. The second-order valence-electron chi connectivity index (χ2n) is 5.77. The molecule has 0 N–H and O–H groups in total. The second-order valence-corrected chi connectivity index (χ2v) is 5.77. The lowest BCUT2D eigenvalue weighted by Crippen LogP contribution is -1.97. The number of unbranched alkanes of at least 4 members (excludes halogenated alkanes) is 9. The van der Waals surface area contributed by atoms with Gasteiger partial charge in [-0.05, 0) is 36.6 Å². The largest absolute Gasteiger partial charge is 0.494 e. The van der Waals surface area contributed by atoms with E-state index in [-0.39, 0.29) is 0 Å². The summed E-state index contributed by atoms with van der Waals surface area (Å²) in [5, 5.41) is 0. The highest BCUT2D eigenvalue weighted by Gasteiger charge is 1.95. The third kappa shape index (κ3) is 9.45. The Kier molecular flexibility index (Phi) is 11.1. The number of hydrogen-bond donors (Lipinski definition) is 0. The predicted molar refractivity (Wildman–Crippen MR) is 91.8 cm³/mol. The van der Waals surface area contributed by atoms with Gasteiger partial charge in [-0.15, -0.1) is 4.39 Å². The topological polar surface area (TPSA) is 9.23 Å². The maximum Gasteiger partial charge on any atom is 0.119 e. The second kappa shape index (κ2) is 13.2. The lowest BCUT2D eigenvalue weighted by molar-refractivity contribution is 0.304. The van der Waals surface area contributed by atoms with E-state index in [1.54, 1.807) is 12.1 Å². The molecule has 1 rings (SSSR count). The molecule has 1 nitrogen and oxygen atoms in total. The first-order chi connectivity index (χ1) is 10.9. The van der Waals surface area contributed by atoms with Gasteiger partial charge in [-0.2, -0.15) is 0 Å². The summed E-state index contributed by atoms with van der Waals surface area (Å²) < 4.78 is 17.5. The van der Waals surface area contributed by atoms with Gasteiger partial charge < -0.3 is 4.74 Å². The first-order valence-corrected chi connectivity index (χ1v) is 8.71. The molecule has 0 unspecified atom stereocenters. The van der Waals surface area contributed by atoms with E-state index < -0.39 is 0 Å². The Morgan fingerprint density at radius 2 is 1.36 bits per heavy atom. The lowest BCUT2D eigenvalue weighted by atomic mass is 10.1. The van der Waals surface area contributed by atoms with E-state index in [0.717, 1.165) is 18.8 Å². The molecule has 0 saturated carbocycles. The van der Waals surface area contributed by atoms with Crippen molar-refractivity contribution in [2.24, 2.45) is 0 Å². The van der Waals surface area contributed by atoms with E-state index in [0.29, 0.717) is 5.56 Å². The summed E-state index contributed by atoms with van der Waals surface area (Å²) in [6.45, 7) is 3.01. The summed E-state index contributed by atoms with van der Waals surface area (Å²) in [5.41, 5.74) is 0.675. The monoisotopic (exact) mass is 304 g/mol. The van der Waals surface area contributed by atoms with E-state index in [1.165, 1.54) is 64.0 Å². The van der Waals surface area contributed by atoms with Crippen LogP contribution in [0.2, 0.25) is 0 Å². The summed E-state index contributed by atoms with van der Waals surface area (Å²) in [4.78, 5) is 0. The average Bonchev–Trinajstić information content (AvgIpc) is 2.54. The SMILES string of the molecule is CCCCCCCCCCCCOc1ccc(C#CF)cc1. The first-order valence-electron chi connectivity index (χ1n) is 8.71. The van der Waals surface area contributed by atoms with Gasteiger partial charge in [0.2, 0.25) is 0 Å². The highest BCUT2D eigenvalue weighted by atomic mass is 19.1. The van der Waals surface area contributed by atoms with Gasteiger partial charge in [0, 0.05) is 5.56 Å². The van der Waals surface area contributed by atoms with Crippen molar-refractivity contribution in [2.75, 3.05) is 6.61 Å². The number of ether oxygens (including phenoxy) is 1. The van der Waals surface area contributed by atoms with Gasteiger partial charge in [0.1, 0.15) is 11.9 Å². The van der Waals surface area contributed by atoms with Crippen molar-refractivity contribution in [2.45, 2.75) is 71.1 Å². The van der Waals surface area contributed by atoms with Crippen LogP contribution in [0.4, 0.5) is 4.39 Å². The fourth-order valence-corrected chi connectivity index (χ4v) is 2.47. The molecule has 0 radical (unpaired) electrons. The third-order valence-corrected chi connectivity index (χ3v) is 3.81. The molecule has 1 aromatic carbocycles. The van der Waals surface area contributed by atoms with Crippen LogP contribution in [0.15, 0.2) is 24.3 Å². The molecule has 0 aliphatic heterocycles. The Labute approximate surface area is 135 Å². The van der Waals surface area contributed by atoms with Crippen LogP contribution in [0.5, 0.6) is 5.75 Å². The van der Waals surface area contributed by atoms with Crippen LogP contribution >= 0.6 is 0 Å². The minimum absolute atomic E-state index is 0.675. The van der Waals surface area contributed by atoms with Gasteiger partial charge in [-0.1, -0.05) is 64.7 Å². The Morgan fingerprint density at radius 1 is 0.818 bits per heavy atom. The zero-order chi connectivity index (χ0) is 15.9. The molecule has 0 amide bonds. The van der Waals surface area contributed by atoms with Crippen LogP contribution in [-0.4, -0.2) is 6.61 Å². The fourth-order valence-electron chi connectivity index (χ4n) is 2.47. The summed E-state index contributed by atoms with van der Waals surface area (Å²) in [5.74, 6) is 3.21. The molecule has 0 aromatic heterocycles. The van der Waals surface area contributed by atoms with Crippen molar-refractivity contribution in [3.63, 3.8) is 0 Å². The molecule has 0 heterocycles. The van der Waals surface area contributed by atoms with Gasteiger partial charge in [0.15, 0.2) is 0 Å². The molecule has 0 bridgehead atoms. The maximum atomic E-state index is 11.8. The van der Waals surface area contributed by atoms with E-state index >= 15 is 0 Å². The van der Waals surface area contributed by atoms with Crippen molar-refractivity contribution in [1.82, 2.24) is 0 Å². The molecule has 0 aliphatic carbocycles. The highest BCUT2D eigenvalue weighted by molar-refractivity contribution is 5.37. The predicted octanol–water partition coefficient (Wildman–Crippen LogP) is 6.26. The van der Waals surface area contributed by atoms with Gasteiger partial charge in [0.05, 0.1) is 6.61 Å². The number of hydrogen-bond acceptors (Lipinski definition) is 1. The van der Waals surface area contributed by atoms with Crippen LogP contribution in [0, 0.1) is 12.1 Å². The van der Waals surface area contributed by atoms with Crippen molar-refractivity contribution in [3.8, 4) is 17.8 Å². The zero-order valence-corrected chi connectivity index (χ0v) is 13.9. The molecule has 122 valence electrons. The van der Waals surface area contributed by atoms with Crippen LogP contribution in [0.1, 0.15) is 76.7 Å². The minimum Gasteiger partial charge on any atom is -0.494 e. The van der Waals surface area contributed by atoms with Gasteiger partial charge >= 0.3 is 0 Å². The molecule has 2 heteroatoms. The quantitative estimate of drug-likeness (QED) is 0.327. The first kappa shape index (κ1) is 18.6. The Hall–Kier alpha value is -1.49. The molecule has 0 saturated heterocycles. The highest BCUT2D eigenvalue weighted by Crippen LogP contribution is 2.13. The summed E-state index contributed by atoms with van der Waals surface area (Å²) in [6.07, 6.45) is 14.7. The Bertz CT molecular complexity index is 427. The van der Waals surface area contributed by atoms with E-state index in [1.807, 2.05) is 12.1 Å². The average molecular weight is 304 g/mol. The number of halogens is 1. The Balaban J connectivity index is 1.93. The molecule has 0 atom stereocenters. The van der Waals surface area contributed by atoms with Crippen molar-refractivity contribution in [1.29, 1.82) is 0 Å². The van der Waals surface area contributed by atoms with Gasteiger partial charge in [-0.25, -0.2) is 0 Å². The van der Waals surface area contributed by atoms with Crippen LogP contribution < -0.4 is 4.74 Å². The van der Waals surface area contributed by atoms with Crippen LogP contribution in [0.3, 0.4) is 0 Å². The molecule has 0 fully saturated rings. The summed E-state index contributed by atoms with van der Waals surface area (Å²) in [7, 11) is 0. The molecule has 1 aromatic rings. The number of rotatable bonds is 12. The maximum absolute atomic E-state index is 11.8. The molecule has 22 heavy (non-hydrogen) atoms. The zero-order valence-electron chi connectivity index (χ0n) is 13.9. The lowest BCUT2D eigenvalue weighted by Gasteiger charge is -2.06. The fraction of sp³-hybridized carbons (Fsp3) is 0.600. The van der Waals surface area contributed by atoms with Crippen LogP contribution in [-0.2, 0) is 0 Å². The van der Waals surface area contributed by atoms with Gasteiger partial charge in [0.25, 0.3) is 0 Å². The smallest absolute Gasteiger partial charge is 0.119 e.